The average molecular weight is 391 g/mol. The number of aryl methyl sites for hydroxylation is 1. The molecule has 0 atom stereocenters. The molecule has 0 aliphatic rings. The molecule has 1 amide bonds. The van der Waals surface area contributed by atoms with Gasteiger partial charge in [0.1, 0.15) is 17.3 Å². The Balaban J connectivity index is 1.71. The Morgan fingerprint density at radius 2 is 1.88 bits per heavy atom. The summed E-state index contributed by atoms with van der Waals surface area (Å²) in [6.45, 7) is 1.86. The fraction of sp³-hybridized carbons (Fsp3) is 0.0556. The van der Waals surface area contributed by atoms with E-state index >= 15 is 0 Å². The molecule has 0 saturated carbocycles. The first-order valence-electron chi connectivity index (χ1n) is 7.54. The molecule has 0 fully saturated rings. The Morgan fingerprint density at radius 3 is 2.58 bits per heavy atom. The van der Waals surface area contributed by atoms with E-state index in [2.05, 4.69) is 20.6 Å². The predicted molar refractivity (Wildman–Crippen MR) is 101 cm³/mol. The Bertz CT molecular complexity index is 964. The van der Waals surface area contributed by atoms with Gasteiger partial charge in [-0.1, -0.05) is 29.3 Å². The van der Waals surface area contributed by atoms with Gasteiger partial charge in [0.25, 0.3) is 5.91 Å². The molecule has 0 radical (unpaired) electrons. The number of nitrogens with one attached hydrogen (secondary N) is 2. The maximum absolute atomic E-state index is 13.2. The van der Waals surface area contributed by atoms with Crippen LogP contribution in [0.2, 0.25) is 10.0 Å². The number of carbonyl (C=O) groups excluding carboxylic acids is 1. The highest BCUT2D eigenvalue weighted by Crippen LogP contribution is 2.22. The van der Waals surface area contributed by atoms with E-state index in [0.717, 1.165) is 5.56 Å². The summed E-state index contributed by atoms with van der Waals surface area (Å²) < 4.78 is 13.2. The van der Waals surface area contributed by atoms with Gasteiger partial charge in [-0.15, -0.1) is 0 Å². The van der Waals surface area contributed by atoms with E-state index in [0.29, 0.717) is 22.2 Å². The van der Waals surface area contributed by atoms with Crippen molar-refractivity contribution >= 4 is 46.3 Å². The van der Waals surface area contributed by atoms with Crippen molar-refractivity contribution in [1.29, 1.82) is 0 Å². The van der Waals surface area contributed by atoms with Gasteiger partial charge in [-0.05, 0) is 42.8 Å². The Hall–Kier alpha value is -2.70. The van der Waals surface area contributed by atoms with Crippen molar-refractivity contribution in [2.75, 3.05) is 10.6 Å². The lowest BCUT2D eigenvalue weighted by Crippen LogP contribution is -2.15. The van der Waals surface area contributed by atoms with Crippen molar-refractivity contribution in [1.82, 2.24) is 9.97 Å². The third kappa shape index (κ3) is 4.28. The average Bonchev–Trinajstić information content (AvgIpc) is 2.62. The third-order valence-electron chi connectivity index (χ3n) is 3.52. The SMILES string of the molecule is Cc1ccc(Cl)cc1NC(=O)c1cnc(Nc2ccc(F)c(Cl)c2)cn1. The van der Waals surface area contributed by atoms with E-state index in [-0.39, 0.29) is 10.7 Å². The number of aromatic nitrogens is 2. The molecule has 26 heavy (non-hydrogen) atoms. The molecular formula is C18H13Cl2FN4O. The summed E-state index contributed by atoms with van der Waals surface area (Å²) in [5, 5.41) is 6.19. The van der Waals surface area contributed by atoms with Crippen molar-refractivity contribution in [3.05, 3.63) is 75.9 Å². The van der Waals surface area contributed by atoms with Crippen LogP contribution in [0.4, 0.5) is 21.6 Å². The molecule has 1 heterocycles. The number of anilines is 3. The van der Waals surface area contributed by atoms with Gasteiger partial charge in [0.15, 0.2) is 0 Å². The van der Waals surface area contributed by atoms with Crippen molar-refractivity contribution in [3.63, 3.8) is 0 Å². The van der Waals surface area contributed by atoms with Crippen LogP contribution in [0.5, 0.6) is 0 Å². The molecule has 2 aromatic carbocycles. The lowest BCUT2D eigenvalue weighted by atomic mass is 10.2. The predicted octanol–water partition coefficient (Wildman–Crippen LogP) is 5.23. The van der Waals surface area contributed by atoms with Gasteiger partial charge in [0.05, 0.1) is 17.4 Å². The minimum atomic E-state index is -0.508. The number of hydrogen-bond donors (Lipinski definition) is 2. The van der Waals surface area contributed by atoms with Crippen LogP contribution in [0.1, 0.15) is 16.1 Å². The standard InChI is InChI=1S/C18H13Cl2FN4O/c1-10-2-3-11(19)6-15(10)25-18(26)16-8-23-17(9-22-16)24-12-4-5-14(21)13(20)7-12/h2-9H,1H3,(H,23,24)(H,25,26). The fourth-order valence-electron chi connectivity index (χ4n) is 2.15. The zero-order valence-electron chi connectivity index (χ0n) is 13.6. The molecule has 3 aromatic rings. The molecule has 0 unspecified atom stereocenters. The largest absolute Gasteiger partial charge is 0.339 e. The van der Waals surface area contributed by atoms with Crippen LogP contribution in [0.25, 0.3) is 0 Å². The summed E-state index contributed by atoms with van der Waals surface area (Å²) in [5.74, 6) is -0.519. The number of amides is 1. The molecular weight excluding hydrogens is 378 g/mol. The topological polar surface area (TPSA) is 66.9 Å². The summed E-state index contributed by atoms with van der Waals surface area (Å²) in [4.78, 5) is 20.5. The highest BCUT2D eigenvalue weighted by Gasteiger charge is 2.11. The first kappa shape index (κ1) is 18.1. The van der Waals surface area contributed by atoms with E-state index in [1.54, 1.807) is 12.1 Å². The highest BCUT2D eigenvalue weighted by atomic mass is 35.5. The number of hydrogen-bond acceptors (Lipinski definition) is 4. The molecule has 8 heteroatoms. The van der Waals surface area contributed by atoms with Crippen LogP contribution in [-0.2, 0) is 0 Å². The van der Waals surface area contributed by atoms with Crippen molar-refractivity contribution in [2.45, 2.75) is 6.92 Å². The van der Waals surface area contributed by atoms with E-state index in [1.165, 1.54) is 30.6 Å². The number of halogens is 3. The molecule has 0 spiro atoms. The van der Waals surface area contributed by atoms with Gasteiger partial charge in [0.2, 0.25) is 0 Å². The Labute approximate surface area is 159 Å². The lowest BCUT2D eigenvalue weighted by Gasteiger charge is -2.09. The summed E-state index contributed by atoms with van der Waals surface area (Å²) in [6, 6.07) is 9.41. The monoisotopic (exact) mass is 390 g/mol. The van der Waals surface area contributed by atoms with E-state index < -0.39 is 11.7 Å². The maximum atomic E-state index is 13.2. The van der Waals surface area contributed by atoms with E-state index in [9.17, 15) is 9.18 Å². The van der Waals surface area contributed by atoms with Gasteiger partial charge in [-0.25, -0.2) is 14.4 Å². The van der Waals surface area contributed by atoms with Crippen LogP contribution < -0.4 is 10.6 Å². The molecule has 132 valence electrons. The molecule has 3 rings (SSSR count). The summed E-state index contributed by atoms with van der Waals surface area (Å²) in [6.07, 6.45) is 2.74. The fourth-order valence-corrected chi connectivity index (χ4v) is 2.50. The number of rotatable bonds is 4. The van der Waals surface area contributed by atoms with Gasteiger partial charge in [0, 0.05) is 16.4 Å². The second-order valence-corrected chi connectivity index (χ2v) is 6.30. The molecule has 0 aliphatic heterocycles. The molecule has 5 nitrogen and oxygen atoms in total. The van der Waals surface area contributed by atoms with Crippen molar-refractivity contribution in [2.24, 2.45) is 0 Å². The highest BCUT2D eigenvalue weighted by molar-refractivity contribution is 6.31. The van der Waals surface area contributed by atoms with Gasteiger partial charge >= 0.3 is 0 Å². The van der Waals surface area contributed by atoms with Gasteiger partial charge < -0.3 is 10.6 Å². The maximum Gasteiger partial charge on any atom is 0.275 e. The van der Waals surface area contributed by atoms with E-state index in [4.69, 9.17) is 23.2 Å². The first-order valence-corrected chi connectivity index (χ1v) is 8.29. The van der Waals surface area contributed by atoms with E-state index in [1.807, 2.05) is 13.0 Å². The third-order valence-corrected chi connectivity index (χ3v) is 4.05. The minimum Gasteiger partial charge on any atom is -0.339 e. The molecule has 2 N–H and O–H groups in total. The zero-order valence-corrected chi connectivity index (χ0v) is 15.1. The summed E-state index contributed by atoms with van der Waals surface area (Å²) in [7, 11) is 0. The van der Waals surface area contributed by atoms with Crippen LogP contribution in [0.3, 0.4) is 0 Å². The number of carbonyl (C=O) groups is 1. The molecule has 0 aliphatic carbocycles. The molecule has 0 bridgehead atoms. The smallest absolute Gasteiger partial charge is 0.275 e. The van der Waals surface area contributed by atoms with Crippen molar-refractivity contribution in [3.8, 4) is 0 Å². The van der Waals surface area contributed by atoms with Crippen LogP contribution in [0, 0.1) is 12.7 Å². The first-order chi connectivity index (χ1) is 12.4. The minimum absolute atomic E-state index is 0.00384. The number of benzene rings is 2. The molecule has 0 saturated heterocycles. The Kier molecular flexibility index (Phi) is 5.35. The quantitative estimate of drug-likeness (QED) is 0.640. The van der Waals surface area contributed by atoms with Crippen LogP contribution >= 0.6 is 23.2 Å². The summed E-state index contributed by atoms with van der Waals surface area (Å²) >= 11 is 11.7. The second-order valence-electron chi connectivity index (χ2n) is 5.45. The lowest BCUT2D eigenvalue weighted by molar-refractivity contribution is 0.102. The van der Waals surface area contributed by atoms with Crippen LogP contribution in [-0.4, -0.2) is 15.9 Å². The zero-order chi connectivity index (χ0) is 18.7. The second kappa shape index (κ2) is 7.68. The van der Waals surface area contributed by atoms with Crippen molar-refractivity contribution < 1.29 is 9.18 Å². The normalized spacial score (nSPS) is 10.5. The van der Waals surface area contributed by atoms with Gasteiger partial charge in [-0.3, -0.25) is 4.79 Å². The van der Waals surface area contributed by atoms with Crippen LogP contribution in [0.15, 0.2) is 48.8 Å². The number of nitrogens with zero attached hydrogens (tertiary/aromatic N) is 2. The Morgan fingerprint density at radius 1 is 1.08 bits per heavy atom. The van der Waals surface area contributed by atoms with Gasteiger partial charge in [-0.2, -0.15) is 0 Å². The molecule has 1 aromatic heterocycles. The summed E-state index contributed by atoms with van der Waals surface area (Å²) in [5.41, 5.74) is 2.18.